The molecule has 19 heavy (non-hydrogen) atoms. The highest BCUT2D eigenvalue weighted by Crippen LogP contribution is 2.09. The largest absolute Gasteiger partial charge is 0.379 e. The summed E-state index contributed by atoms with van der Waals surface area (Å²) in [6, 6.07) is 1.42. The van der Waals surface area contributed by atoms with Crippen molar-refractivity contribution < 1.29 is 4.74 Å². The minimum atomic E-state index is 0.448. The number of hydrogen-bond donors (Lipinski definition) is 2. The minimum absolute atomic E-state index is 0.448. The summed E-state index contributed by atoms with van der Waals surface area (Å²) in [5, 5.41) is 6.79. The number of aliphatic imine (C=N–C) groups is 1. The first kappa shape index (κ1) is 16.2. The van der Waals surface area contributed by atoms with Crippen molar-refractivity contribution in [1.82, 2.24) is 15.5 Å². The molecule has 112 valence electrons. The molecule has 0 aromatic rings. The molecule has 0 aromatic heterocycles. The maximum absolute atomic E-state index is 5.48. The van der Waals surface area contributed by atoms with Gasteiger partial charge < -0.3 is 15.4 Å². The highest BCUT2D eigenvalue weighted by molar-refractivity contribution is 5.79. The SMILES string of the molecule is CCC(C)NC(=NC)NCC(C)N1CCOCC1C. The maximum atomic E-state index is 5.48. The fraction of sp³-hybridized carbons (Fsp3) is 0.929. The first-order chi connectivity index (χ1) is 9.08. The van der Waals surface area contributed by atoms with E-state index in [0.29, 0.717) is 18.1 Å². The molecule has 0 bridgehead atoms. The van der Waals surface area contributed by atoms with Crippen LogP contribution >= 0.6 is 0 Å². The van der Waals surface area contributed by atoms with Crippen LogP contribution in [0.4, 0.5) is 0 Å². The van der Waals surface area contributed by atoms with Crippen molar-refractivity contribution in [2.24, 2.45) is 4.99 Å². The average molecular weight is 270 g/mol. The van der Waals surface area contributed by atoms with Gasteiger partial charge in [0.25, 0.3) is 0 Å². The van der Waals surface area contributed by atoms with Crippen molar-refractivity contribution in [3.05, 3.63) is 0 Å². The molecule has 1 aliphatic rings. The van der Waals surface area contributed by atoms with Crippen molar-refractivity contribution in [3.63, 3.8) is 0 Å². The van der Waals surface area contributed by atoms with Gasteiger partial charge in [-0.3, -0.25) is 9.89 Å². The molecule has 3 atom stereocenters. The molecular formula is C14H30N4O. The standard InChI is InChI=1S/C14H30N4O/c1-6-11(2)17-14(15-5)16-9-12(3)18-7-8-19-10-13(18)4/h11-13H,6-10H2,1-5H3,(H2,15,16,17). The summed E-state index contributed by atoms with van der Waals surface area (Å²) in [6.07, 6.45) is 1.09. The fourth-order valence-corrected chi connectivity index (χ4v) is 2.29. The molecule has 0 saturated carbocycles. The molecule has 0 aliphatic carbocycles. The molecule has 0 aromatic carbocycles. The molecule has 5 nitrogen and oxygen atoms in total. The van der Waals surface area contributed by atoms with Gasteiger partial charge in [0.1, 0.15) is 0 Å². The van der Waals surface area contributed by atoms with E-state index in [9.17, 15) is 0 Å². The highest BCUT2D eigenvalue weighted by atomic mass is 16.5. The second-order valence-electron chi connectivity index (χ2n) is 5.42. The Bertz CT molecular complexity index is 283. The third-order valence-electron chi connectivity index (χ3n) is 3.77. The first-order valence-electron chi connectivity index (χ1n) is 7.39. The van der Waals surface area contributed by atoms with Gasteiger partial charge in [0.05, 0.1) is 13.2 Å². The van der Waals surface area contributed by atoms with Crippen molar-refractivity contribution in [1.29, 1.82) is 0 Å². The van der Waals surface area contributed by atoms with Gasteiger partial charge in [-0.05, 0) is 27.2 Å². The van der Waals surface area contributed by atoms with Crippen LogP contribution in [-0.2, 0) is 4.74 Å². The van der Waals surface area contributed by atoms with E-state index in [0.717, 1.165) is 38.7 Å². The number of nitrogens with one attached hydrogen (secondary N) is 2. The van der Waals surface area contributed by atoms with Crippen LogP contribution in [0, 0.1) is 0 Å². The van der Waals surface area contributed by atoms with E-state index in [4.69, 9.17) is 4.74 Å². The van der Waals surface area contributed by atoms with Crippen molar-refractivity contribution in [3.8, 4) is 0 Å². The summed E-state index contributed by atoms with van der Waals surface area (Å²) in [5.74, 6) is 0.891. The number of rotatable bonds is 5. The van der Waals surface area contributed by atoms with Gasteiger partial charge in [0.15, 0.2) is 5.96 Å². The predicted octanol–water partition coefficient (Wildman–Crippen LogP) is 1.06. The van der Waals surface area contributed by atoms with Crippen LogP contribution in [-0.4, -0.2) is 62.3 Å². The molecule has 1 rings (SSSR count). The minimum Gasteiger partial charge on any atom is -0.379 e. The number of morpholine rings is 1. The zero-order valence-electron chi connectivity index (χ0n) is 13.1. The normalized spacial score (nSPS) is 24.9. The Morgan fingerprint density at radius 1 is 1.47 bits per heavy atom. The van der Waals surface area contributed by atoms with E-state index in [-0.39, 0.29) is 0 Å². The fourth-order valence-electron chi connectivity index (χ4n) is 2.29. The quantitative estimate of drug-likeness (QED) is 0.579. The van der Waals surface area contributed by atoms with Crippen LogP contribution in [0.2, 0.25) is 0 Å². The Hall–Kier alpha value is -0.810. The summed E-state index contributed by atoms with van der Waals surface area (Å²) < 4.78 is 5.48. The molecule has 1 heterocycles. The second-order valence-corrected chi connectivity index (χ2v) is 5.42. The van der Waals surface area contributed by atoms with Crippen molar-refractivity contribution >= 4 is 5.96 Å². The molecule has 0 radical (unpaired) electrons. The molecule has 2 N–H and O–H groups in total. The lowest BCUT2D eigenvalue weighted by Crippen LogP contribution is -2.53. The van der Waals surface area contributed by atoms with Gasteiger partial charge in [-0.15, -0.1) is 0 Å². The lowest BCUT2D eigenvalue weighted by Gasteiger charge is -2.38. The predicted molar refractivity (Wildman–Crippen MR) is 80.7 cm³/mol. The Labute approximate surface area is 117 Å². The molecule has 5 heteroatoms. The zero-order chi connectivity index (χ0) is 14.3. The number of guanidine groups is 1. The molecule has 0 spiro atoms. The number of hydrogen-bond acceptors (Lipinski definition) is 3. The van der Waals surface area contributed by atoms with Gasteiger partial charge in [-0.2, -0.15) is 0 Å². The zero-order valence-corrected chi connectivity index (χ0v) is 13.1. The smallest absolute Gasteiger partial charge is 0.191 e. The molecule has 1 aliphatic heterocycles. The van der Waals surface area contributed by atoms with Gasteiger partial charge >= 0.3 is 0 Å². The van der Waals surface area contributed by atoms with Gasteiger partial charge in [0.2, 0.25) is 0 Å². The number of nitrogens with zero attached hydrogens (tertiary/aromatic N) is 2. The third kappa shape index (κ3) is 5.37. The van der Waals surface area contributed by atoms with Crippen LogP contribution in [0.3, 0.4) is 0 Å². The Balaban J connectivity index is 2.37. The molecule has 1 fully saturated rings. The van der Waals surface area contributed by atoms with E-state index in [1.54, 1.807) is 0 Å². The van der Waals surface area contributed by atoms with Gasteiger partial charge in [0, 0.05) is 38.3 Å². The lowest BCUT2D eigenvalue weighted by atomic mass is 10.2. The maximum Gasteiger partial charge on any atom is 0.191 e. The monoisotopic (exact) mass is 270 g/mol. The highest BCUT2D eigenvalue weighted by Gasteiger charge is 2.23. The summed E-state index contributed by atoms with van der Waals surface area (Å²) >= 11 is 0. The summed E-state index contributed by atoms with van der Waals surface area (Å²) in [5.41, 5.74) is 0. The van der Waals surface area contributed by atoms with Crippen molar-refractivity contribution in [2.45, 2.75) is 52.2 Å². The lowest BCUT2D eigenvalue weighted by molar-refractivity contribution is -0.0174. The van der Waals surface area contributed by atoms with Gasteiger partial charge in [-0.25, -0.2) is 0 Å². The topological polar surface area (TPSA) is 48.9 Å². The van der Waals surface area contributed by atoms with E-state index in [2.05, 4.69) is 48.2 Å². The van der Waals surface area contributed by atoms with Crippen molar-refractivity contribution in [2.75, 3.05) is 33.4 Å². The van der Waals surface area contributed by atoms with E-state index in [1.165, 1.54) is 0 Å². The van der Waals surface area contributed by atoms with E-state index < -0.39 is 0 Å². The van der Waals surface area contributed by atoms with E-state index >= 15 is 0 Å². The van der Waals surface area contributed by atoms with Crippen LogP contribution in [0.15, 0.2) is 4.99 Å². The van der Waals surface area contributed by atoms with Crippen LogP contribution < -0.4 is 10.6 Å². The molecule has 0 amide bonds. The Morgan fingerprint density at radius 3 is 2.79 bits per heavy atom. The second kappa shape index (κ2) is 8.38. The van der Waals surface area contributed by atoms with E-state index in [1.807, 2.05) is 7.05 Å². The van der Waals surface area contributed by atoms with Crippen LogP contribution in [0.25, 0.3) is 0 Å². The van der Waals surface area contributed by atoms with Gasteiger partial charge in [-0.1, -0.05) is 6.92 Å². The van der Waals surface area contributed by atoms with Crippen LogP contribution in [0.1, 0.15) is 34.1 Å². The van der Waals surface area contributed by atoms with Crippen LogP contribution in [0.5, 0.6) is 0 Å². The summed E-state index contributed by atoms with van der Waals surface area (Å²) in [4.78, 5) is 6.76. The summed E-state index contributed by atoms with van der Waals surface area (Å²) in [7, 11) is 1.82. The third-order valence-corrected chi connectivity index (χ3v) is 3.77. The summed E-state index contributed by atoms with van der Waals surface area (Å²) in [6.45, 7) is 12.4. The molecule has 3 unspecified atom stereocenters. The Kier molecular flexibility index (Phi) is 7.16. The first-order valence-corrected chi connectivity index (χ1v) is 7.39. The number of ether oxygens (including phenoxy) is 1. The average Bonchev–Trinajstić information content (AvgIpc) is 2.43. The Morgan fingerprint density at radius 2 is 2.21 bits per heavy atom. The molecule has 1 saturated heterocycles. The molecular weight excluding hydrogens is 240 g/mol.